The number of rotatable bonds is 7. The van der Waals surface area contributed by atoms with Gasteiger partial charge in [0, 0.05) is 18.6 Å². The van der Waals surface area contributed by atoms with Gasteiger partial charge in [0.1, 0.15) is 12.4 Å². The van der Waals surface area contributed by atoms with Crippen molar-refractivity contribution in [3.8, 4) is 0 Å². The van der Waals surface area contributed by atoms with E-state index in [9.17, 15) is 9.59 Å². The van der Waals surface area contributed by atoms with Crippen LogP contribution in [-0.4, -0.2) is 40.4 Å². The van der Waals surface area contributed by atoms with E-state index in [1.807, 2.05) is 24.5 Å². The van der Waals surface area contributed by atoms with Gasteiger partial charge in [-0.3, -0.25) is 14.7 Å². The summed E-state index contributed by atoms with van der Waals surface area (Å²) in [7, 11) is 1.54. The van der Waals surface area contributed by atoms with Crippen LogP contribution in [0, 0.1) is 0 Å². The highest BCUT2D eigenvalue weighted by Gasteiger charge is 2.14. The van der Waals surface area contributed by atoms with Gasteiger partial charge in [0.05, 0.1) is 6.54 Å². The molecule has 1 aromatic heterocycles. The van der Waals surface area contributed by atoms with Crippen LogP contribution in [0.1, 0.15) is 17.2 Å². The van der Waals surface area contributed by atoms with Gasteiger partial charge in [-0.05, 0) is 24.0 Å². The first-order chi connectivity index (χ1) is 11.6. The van der Waals surface area contributed by atoms with Crippen molar-refractivity contribution in [2.75, 3.05) is 18.7 Å². The lowest BCUT2D eigenvalue weighted by atomic mass is 10.2. The van der Waals surface area contributed by atoms with Crippen molar-refractivity contribution in [3.05, 3.63) is 41.5 Å². The van der Waals surface area contributed by atoms with Crippen molar-refractivity contribution in [1.82, 2.24) is 20.5 Å². The van der Waals surface area contributed by atoms with Gasteiger partial charge in [-0.15, -0.1) is 0 Å². The Morgan fingerprint density at radius 2 is 2.17 bits per heavy atom. The molecule has 0 saturated carbocycles. The summed E-state index contributed by atoms with van der Waals surface area (Å²) in [6.45, 7) is 0.354. The molecule has 128 valence electrons. The fraction of sp³-hybridized carbons (Fsp3) is 0.333. The number of aromatic amines is 1. The molecule has 2 aromatic rings. The molecule has 9 heteroatoms. The third-order valence-electron chi connectivity index (χ3n) is 2.97. The maximum atomic E-state index is 11.9. The molecule has 0 aliphatic rings. The van der Waals surface area contributed by atoms with Crippen LogP contribution in [0.15, 0.2) is 24.3 Å². The Labute approximate surface area is 143 Å². The number of anilines is 1. The lowest BCUT2D eigenvalue weighted by Gasteiger charge is -2.07. The topological polar surface area (TPSA) is 109 Å². The van der Waals surface area contributed by atoms with Gasteiger partial charge in [-0.25, -0.2) is 4.98 Å². The maximum absolute atomic E-state index is 11.9. The quantitative estimate of drug-likeness (QED) is 0.645. The molecule has 1 aromatic carbocycles. The molecule has 2 amide bonds. The third-order valence-corrected chi connectivity index (χ3v) is 3.59. The van der Waals surface area contributed by atoms with Crippen LogP contribution in [0.5, 0.6) is 0 Å². The number of benzene rings is 1. The molecule has 1 heterocycles. The molecule has 3 N–H and O–H groups in total. The minimum absolute atomic E-state index is 0.0789. The second kappa shape index (κ2) is 9.04. The largest absolute Gasteiger partial charge is 0.377 e. The number of thioether (sulfide) groups is 1. The summed E-state index contributed by atoms with van der Waals surface area (Å²) in [4.78, 5) is 27.9. The van der Waals surface area contributed by atoms with E-state index in [2.05, 4.69) is 25.8 Å². The molecule has 8 nitrogen and oxygen atoms in total. The van der Waals surface area contributed by atoms with E-state index < -0.39 is 11.8 Å². The molecular weight excluding hydrogens is 330 g/mol. The molecule has 2 rings (SSSR count). The Bertz CT molecular complexity index is 704. The number of aromatic nitrogens is 3. The van der Waals surface area contributed by atoms with E-state index in [0.29, 0.717) is 17.3 Å². The van der Waals surface area contributed by atoms with Crippen molar-refractivity contribution in [2.24, 2.45) is 0 Å². The van der Waals surface area contributed by atoms with Gasteiger partial charge in [0.15, 0.2) is 5.82 Å². The zero-order chi connectivity index (χ0) is 17.4. The van der Waals surface area contributed by atoms with E-state index in [0.717, 1.165) is 11.3 Å². The Balaban J connectivity index is 1.85. The first-order valence-electron chi connectivity index (χ1n) is 7.18. The van der Waals surface area contributed by atoms with Crippen LogP contribution in [0.2, 0.25) is 0 Å². The van der Waals surface area contributed by atoms with Crippen molar-refractivity contribution in [2.45, 2.75) is 18.9 Å². The number of hydrogen-bond donors (Lipinski definition) is 3. The predicted octanol–water partition coefficient (Wildman–Crippen LogP) is 1.07. The second-order valence-electron chi connectivity index (χ2n) is 4.90. The van der Waals surface area contributed by atoms with Gasteiger partial charge in [-0.1, -0.05) is 12.1 Å². The lowest BCUT2D eigenvalue weighted by Crippen LogP contribution is -2.35. The number of H-pyrrole nitrogens is 1. The highest BCUT2D eigenvalue weighted by Crippen LogP contribution is 2.14. The highest BCUT2D eigenvalue weighted by molar-refractivity contribution is 7.97. The van der Waals surface area contributed by atoms with Crippen molar-refractivity contribution >= 4 is 29.3 Å². The number of methoxy groups -OCH3 is 1. The van der Waals surface area contributed by atoms with Crippen molar-refractivity contribution < 1.29 is 14.3 Å². The maximum Gasteiger partial charge on any atom is 0.313 e. The zero-order valence-corrected chi connectivity index (χ0v) is 14.3. The second-order valence-corrected chi connectivity index (χ2v) is 5.77. The summed E-state index contributed by atoms with van der Waals surface area (Å²) >= 11 is 1.68. The summed E-state index contributed by atoms with van der Waals surface area (Å²) in [5, 5.41) is 11.6. The normalized spacial score (nSPS) is 10.4. The molecule has 24 heavy (non-hydrogen) atoms. The molecule has 0 radical (unpaired) electrons. The predicted molar refractivity (Wildman–Crippen MR) is 91.2 cm³/mol. The van der Waals surface area contributed by atoms with E-state index in [1.54, 1.807) is 17.8 Å². The number of nitrogens with zero attached hydrogens (tertiary/aromatic N) is 2. The standard InChI is InChI=1S/C15H19N5O3S/c1-23-8-13-18-12(19-20-13)7-16-14(21)15(22)17-11-5-3-4-10(6-11)9-24-2/h3-6H,7-9H2,1-2H3,(H,16,21)(H,17,22)(H,18,19,20). The molecule has 0 spiro atoms. The smallest absolute Gasteiger partial charge is 0.313 e. The summed E-state index contributed by atoms with van der Waals surface area (Å²) in [5.41, 5.74) is 1.66. The first-order valence-corrected chi connectivity index (χ1v) is 8.58. The summed E-state index contributed by atoms with van der Waals surface area (Å²) in [6.07, 6.45) is 2.00. The Morgan fingerprint density at radius 1 is 1.33 bits per heavy atom. The van der Waals surface area contributed by atoms with Crippen LogP contribution < -0.4 is 10.6 Å². The van der Waals surface area contributed by atoms with Crippen molar-refractivity contribution in [3.63, 3.8) is 0 Å². The fourth-order valence-corrected chi connectivity index (χ4v) is 2.46. The van der Waals surface area contributed by atoms with E-state index in [-0.39, 0.29) is 13.2 Å². The minimum atomic E-state index is -0.741. The first kappa shape index (κ1) is 18.0. The Hall–Kier alpha value is -2.39. The number of amides is 2. The highest BCUT2D eigenvalue weighted by atomic mass is 32.2. The number of carbonyl (C=O) groups excluding carboxylic acids is 2. The average molecular weight is 349 g/mol. The van der Waals surface area contributed by atoms with Crippen LogP contribution in [0.25, 0.3) is 0 Å². The molecule has 0 atom stereocenters. The summed E-state index contributed by atoms with van der Waals surface area (Å²) < 4.78 is 4.90. The molecule has 0 saturated heterocycles. The van der Waals surface area contributed by atoms with Crippen molar-refractivity contribution in [1.29, 1.82) is 0 Å². The van der Waals surface area contributed by atoms with Gasteiger partial charge >= 0.3 is 11.8 Å². The monoisotopic (exact) mass is 349 g/mol. The molecule has 0 aliphatic carbocycles. The summed E-state index contributed by atoms with van der Waals surface area (Å²) in [6, 6.07) is 7.39. The SMILES string of the molecule is COCc1n[nH]c(CNC(=O)C(=O)Nc2cccc(CSC)c2)n1. The lowest BCUT2D eigenvalue weighted by molar-refractivity contribution is -0.136. The van der Waals surface area contributed by atoms with Crippen LogP contribution in [0.4, 0.5) is 5.69 Å². The van der Waals surface area contributed by atoms with Crippen LogP contribution in [0.3, 0.4) is 0 Å². The van der Waals surface area contributed by atoms with E-state index in [4.69, 9.17) is 4.74 Å². The van der Waals surface area contributed by atoms with Gasteiger partial charge in [-0.2, -0.15) is 16.9 Å². The third kappa shape index (κ3) is 5.36. The molecule has 0 bridgehead atoms. The Morgan fingerprint density at radius 3 is 2.92 bits per heavy atom. The van der Waals surface area contributed by atoms with Gasteiger partial charge in [0.25, 0.3) is 0 Å². The Kier molecular flexibility index (Phi) is 6.76. The fourth-order valence-electron chi connectivity index (χ4n) is 1.95. The average Bonchev–Trinajstić information content (AvgIpc) is 3.01. The molecule has 0 unspecified atom stereocenters. The number of carbonyl (C=O) groups is 2. The molecule has 0 fully saturated rings. The number of hydrogen-bond acceptors (Lipinski definition) is 6. The molecular formula is C15H19N5O3S. The van der Waals surface area contributed by atoms with Crippen LogP contribution in [-0.2, 0) is 33.2 Å². The van der Waals surface area contributed by atoms with Gasteiger partial charge in [0.2, 0.25) is 0 Å². The van der Waals surface area contributed by atoms with Gasteiger partial charge < -0.3 is 15.4 Å². The van der Waals surface area contributed by atoms with E-state index in [1.165, 1.54) is 7.11 Å². The number of ether oxygens (including phenoxy) is 1. The summed E-state index contributed by atoms with van der Waals surface area (Å²) in [5.74, 6) is 0.301. The molecule has 0 aliphatic heterocycles. The number of nitrogens with one attached hydrogen (secondary N) is 3. The minimum Gasteiger partial charge on any atom is -0.377 e. The van der Waals surface area contributed by atoms with E-state index >= 15 is 0 Å². The van der Waals surface area contributed by atoms with Crippen LogP contribution >= 0.6 is 11.8 Å². The zero-order valence-electron chi connectivity index (χ0n) is 13.5.